The van der Waals surface area contributed by atoms with Crippen LogP contribution in [0.2, 0.25) is 0 Å². The van der Waals surface area contributed by atoms with Gasteiger partial charge in [0.15, 0.2) is 0 Å². The fraction of sp³-hybridized carbons (Fsp3) is 0.793. The van der Waals surface area contributed by atoms with E-state index in [2.05, 4.69) is 51.3 Å². The summed E-state index contributed by atoms with van der Waals surface area (Å²) < 4.78 is 5.81. The Morgan fingerprint density at radius 1 is 1.34 bits per heavy atom. The van der Waals surface area contributed by atoms with E-state index in [4.69, 9.17) is 4.74 Å². The molecule has 2 aliphatic carbocycles. The number of nitrogens with zero attached hydrogens (tertiary/aromatic N) is 1. The molecule has 6 atom stereocenters. The summed E-state index contributed by atoms with van der Waals surface area (Å²) in [5, 5.41) is 10.0. The van der Waals surface area contributed by atoms with Crippen LogP contribution in [0.3, 0.4) is 0 Å². The lowest BCUT2D eigenvalue weighted by atomic mass is 9.62. The number of fused-ring (bicyclic) bond motifs is 1. The lowest BCUT2D eigenvalue weighted by Crippen LogP contribution is -2.47. The summed E-state index contributed by atoms with van der Waals surface area (Å²) in [7, 11) is 0. The fourth-order valence-electron chi connectivity index (χ4n) is 6.80. The van der Waals surface area contributed by atoms with Gasteiger partial charge in [0.05, 0.1) is 18.8 Å². The lowest BCUT2D eigenvalue weighted by Gasteiger charge is -2.43. The molecule has 3 aliphatic rings. The van der Waals surface area contributed by atoms with Crippen molar-refractivity contribution < 1.29 is 9.84 Å². The largest absolute Gasteiger partial charge is 0.389 e. The Balaban J connectivity index is 1.60. The molecule has 3 heteroatoms. The number of ether oxygens (including phenoxy) is 1. The summed E-state index contributed by atoms with van der Waals surface area (Å²) >= 11 is 0. The fourth-order valence-corrected chi connectivity index (χ4v) is 6.80. The van der Waals surface area contributed by atoms with E-state index in [1.807, 2.05) is 0 Å². The molecule has 0 spiro atoms. The molecule has 3 nitrogen and oxygen atoms in total. The minimum atomic E-state index is -0.421. The molecule has 1 N–H and O–H groups in total. The highest BCUT2D eigenvalue weighted by atomic mass is 16.5. The topological polar surface area (TPSA) is 32.7 Å². The van der Waals surface area contributed by atoms with E-state index in [1.54, 1.807) is 11.6 Å². The highest BCUT2D eigenvalue weighted by Crippen LogP contribution is 2.58. The molecule has 0 amide bonds. The van der Waals surface area contributed by atoms with Crippen molar-refractivity contribution in [3.8, 4) is 0 Å². The third-order valence-corrected chi connectivity index (χ3v) is 8.74. The predicted molar refractivity (Wildman–Crippen MR) is 136 cm³/mol. The van der Waals surface area contributed by atoms with Gasteiger partial charge in [-0.25, -0.2) is 0 Å². The van der Waals surface area contributed by atoms with Crippen molar-refractivity contribution >= 4 is 0 Å². The van der Waals surface area contributed by atoms with Crippen molar-refractivity contribution in [1.82, 2.24) is 4.90 Å². The molecule has 1 aliphatic heterocycles. The first-order chi connectivity index (χ1) is 15.4. The maximum absolute atomic E-state index is 10.0. The molecule has 0 bridgehead atoms. The Morgan fingerprint density at radius 2 is 2.16 bits per heavy atom. The molecule has 1 heterocycles. The van der Waals surface area contributed by atoms with Gasteiger partial charge in [0.2, 0.25) is 0 Å². The van der Waals surface area contributed by atoms with E-state index in [1.165, 1.54) is 57.1 Å². The molecular weight excluding hydrogens is 394 g/mol. The number of allylic oxidation sites excluding steroid dienone is 3. The van der Waals surface area contributed by atoms with Gasteiger partial charge in [0, 0.05) is 12.6 Å². The SMILES string of the molecule is C=CC(O)C/C(=C\C=C1/CCCC2(C)C(CCCN3C[C@@H](C)OCC3C)CCC12)CCC. The van der Waals surface area contributed by atoms with Crippen molar-refractivity contribution in [3.63, 3.8) is 0 Å². The van der Waals surface area contributed by atoms with E-state index >= 15 is 0 Å². The minimum absolute atomic E-state index is 0.379. The first-order valence-electron chi connectivity index (χ1n) is 13.4. The van der Waals surface area contributed by atoms with Crippen LogP contribution in [-0.4, -0.2) is 48.0 Å². The summed E-state index contributed by atoms with van der Waals surface area (Å²) in [6, 6.07) is 0.561. The first-order valence-corrected chi connectivity index (χ1v) is 13.4. The number of hydrogen-bond donors (Lipinski definition) is 1. The Hall–Kier alpha value is -0.900. The first kappa shape index (κ1) is 25.7. The van der Waals surface area contributed by atoms with E-state index in [-0.39, 0.29) is 0 Å². The quantitative estimate of drug-likeness (QED) is 0.382. The third-order valence-electron chi connectivity index (χ3n) is 8.74. The molecule has 3 fully saturated rings. The summed E-state index contributed by atoms with van der Waals surface area (Å²) in [5.41, 5.74) is 3.52. The highest BCUT2D eigenvalue weighted by molar-refractivity contribution is 5.25. The Bertz CT molecular complexity index is 668. The molecule has 182 valence electrons. The predicted octanol–water partition coefficient (Wildman–Crippen LogP) is 6.68. The van der Waals surface area contributed by atoms with Crippen LogP contribution < -0.4 is 0 Å². The van der Waals surface area contributed by atoms with Gasteiger partial charge in [-0.3, -0.25) is 4.90 Å². The van der Waals surface area contributed by atoms with Crippen molar-refractivity contribution in [3.05, 3.63) is 36.0 Å². The van der Waals surface area contributed by atoms with E-state index in [0.717, 1.165) is 44.2 Å². The maximum Gasteiger partial charge on any atom is 0.0755 e. The highest BCUT2D eigenvalue weighted by Gasteiger charge is 2.48. The second-order valence-corrected chi connectivity index (χ2v) is 11.1. The number of morpholine rings is 1. The van der Waals surface area contributed by atoms with Crippen molar-refractivity contribution in [2.45, 2.75) is 110 Å². The molecule has 0 aromatic carbocycles. The normalized spacial score (nSPS) is 36.3. The number of hydrogen-bond acceptors (Lipinski definition) is 3. The smallest absolute Gasteiger partial charge is 0.0755 e. The molecule has 0 radical (unpaired) electrons. The van der Waals surface area contributed by atoms with Crippen molar-refractivity contribution in [1.29, 1.82) is 0 Å². The van der Waals surface area contributed by atoms with Crippen LogP contribution in [0.1, 0.15) is 91.9 Å². The van der Waals surface area contributed by atoms with Crippen LogP contribution in [0.25, 0.3) is 0 Å². The molecule has 2 saturated carbocycles. The maximum atomic E-state index is 10.0. The average Bonchev–Trinajstić information content (AvgIpc) is 3.11. The minimum Gasteiger partial charge on any atom is -0.389 e. The summed E-state index contributed by atoms with van der Waals surface area (Å²) in [5.74, 6) is 1.62. The van der Waals surface area contributed by atoms with Gasteiger partial charge in [-0.15, -0.1) is 6.58 Å². The Labute approximate surface area is 198 Å². The molecule has 1 saturated heterocycles. The molecule has 0 aromatic heterocycles. The number of aliphatic hydroxyl groups excluding tert-OH is 1. The van der Waals surface area contributed by atoms with Gasteiger partial charge in [-0.2, -0.15) is 0 Å². The number of aliphatic hydroxyl groups is 1. The zero-order valence-corrected chi connectivity index (χ0v) is 21.3. The van der Waals surface area contributed by atoms with Gasteiger partial charge in [0.25, 0.3) is 0 Å². The van der Waals surface area contributed by atoms with E-state index < -0.39 is 6.10 Å². The second-order valence-electron chi connectivity index (χ2n) is 11.1. The number of rotatable bonds is 10. The Morgan fingerprint density at radius 3 is 2.91 bits per heavy atom. The second kappa shape index (κ2) is 12.0. The van der Waals surface area contributed by atoms with Gasteiger partial charge in [-0.1, -0.05) is 49.6 Å². The summed E-state index contributed by atoms with van der Waals surface area (Å²) in [6.45, 7) is 16.3. The van der Waals surface area contributed by atoms with Gasteiger partial charge in [0.1, 0.15) is 0 Å². The van der Waals surface area contributed by atoms with Crippen molar-refractivity contribution in [2.75, 3.05) is 19.7 Å². The summed E-state index contributed by atoms with van der Waals surface area (Å²) in [6.07, 6.45) is 18.8. The van der Waals surface area contributed by atoms with E-state index in [0.29, 0.717) is 17.6 Å². The van der Waals surface area contributed by atoms with Crippen LogP contribution in [0.5, 0.6) is 0 Å². The lowest BCUT2D eigenvalue weighted by molar-refractivity contribution is -0.0503. The Kier molecular flexibility index (Phi) is 9.64. The van der Waals surface area contributed by atoms with Crippen LogP contribution in [0.15, 0.2) is 36.0 Å². The third kappa shape index (κ3) is 6.36. The average molecular weight is 444 g/mol. The zero-order chi connectivity index (χ0) is 23.1. The molecule has 5 unspecified atom stereocenters. The monoisotopic (exact) mass is 443 g/mol. The van der Waals surface area contributed by atoms with Gasteiger partial charge >= 0.3 is 0 Å². The van der Waals surface area contributed by atoms with Gasteiger partial charge in [-0.05, 0) is 95.4 Å². The molecule has 32 heavy (non-hydrogen) atoms. The van der Waals surface area contributed by atoms with Gasteiger partial charge < -0.3 is 9.84 Å². The molecule has 3 rings (SSSR count). The molecule has 0 aromatic rings. The molecular formula is C29H49NO2. The van der Waals surface area contributed by atoms with E-state index in [9.17, 15) is 5.11 Å². The van der Waals surface area contributed by atoms with Crippen LogP contribution >= 0.6 is 0 Å². The van der Waals surface area contributed by atoms with Crippen molar-refractivity contribution in [2.24, 2.45) is 17.3 Å². The van der Waals surface area contributed by atoms with Crippen LogP contribution in [0.4, 0.5) is 0 Å². The zero-order valence-electron chi connectivity index (χ0n) is 21.3. The summed E-state index contributed by atoms with van der Waals surface area (Å²) in [4.78, 5) is 2.65. The van der Waals surface area contributed by atoms with Crippen LogP contribution in [0, 0.1) is 17.3 Å². The standard InChI is InChI=1S/C29H49NO2/c1-6-10-24(19-27(31)7-2)13-14-25-11-8-17-29(5)26(15-16-28(25)29)12-9-18-30-20-23(4)32-21-22(30)3/h7,13-14,22-23,26-28,31H,2,6,8-12,15-21H2,1,3-5H3/b24-13-,25-14+/t22?,23-,26?,27?,28?,29?/m1/s1. The van der Waals surface area contributed by atoms with Crippen LogP contribution in [-0.2, 0) is 4.74 Å².